The molecule has 1 aromatic carbocycles. The van der Waals surface area contributed by atoms with Crippen LogP contribution in [0.4, 0.5) is 0 Å². The van der Waals surface area contributed by atoms with Crippen molar-refractivity contribution in [3.8, 4) is 0 Å². The summed E-state index contributed by atoms with van der Waals surface area (Å²) < 4.78 is 5.79. The third kappa shape index (κ3) is 7.34. The molecule has 0 aliphatic carbocycles. The van der Waals surface area contributed by atoms with E-state index in [1.165, 1.54) is 24.0 Å². The summed E-state index contributed by atoms with van der Waals surface area (Å²) in [7, 11) is 0. The Bertz CT molecular complexity index is 349. The second-order valence-electron chi connectivity index (χ2n) is 5.76. The van der Waals surface area contributed by atoms with Crippen LogP contribution in [-0.2, 0) is 17.9 Å². The smallest absolute Gasteiger partial charge is 0.0717 e. The Labute approximate surface area is 118 Å². The van der Waals surface area contributed by atoms with Gasteiger partial charge in [0.05, 0.1) is 6.61 Å². The molecule has 0 aliphatic rings. The van der Waals surface area contributed by atoms with Crippen molar-refractivity contribution < 1.29 is 4.74 Å². The average molecular weight is 263 g/mol. The maximum atomic E-state index is 5.79. The van der Waals surface area contributed by atoms with Crippen molar-refractivity contribution >= 4 is 0 Å². The van der Waals surface area contributed by atoms with Gasteiger partial charge in [-0.15, -0.1) is 0 Å². The summed E-state index contributed by atoms with van der Waals surface area (Å²) in [6, 6.07) is 9.18. The standard InChI is InChI=1S/C17H29NO/c1-5-7-15(4)12-19-13-17-9-6-8-16(10-17)11-18-14(2)3/h6,8-10,14-15,18H,5,7,11-13H2,1-4H3. The summed E-state index contributed by atoms with van der Waals surface area (Å²) in [6.07, 6.45) is 2.49. The lowest BCUT2D eigenvalue weighted by atomic mass is 10.1. The molecule has 0 bridgehead atoms. The molecule has 0 radical (unpaired) electrons. The van der Waals surface area contributed by atoms with E-state index in [1.54, 1.807) is 0 Å². The first kappa shape index (κ1) is 16.2. The van der Waals surface area contributed by atoms with Gasteiger partial charge < -0.3 is 10.1 Å². The van der Waals surface area contributed by atoms with Gasteiger partial charge in [-0.3, -0.25) is 0 Å². The van der Waals surface area contributed by atoms with E-state index >= 15 is 0 Å². The summed E-state index contributed by atoms with van der Waals surface area (Å²) in [5.41, 5.74) is 2.60. The summed E-state index contributed by atoms with van der Waals surface area (Å²) in [5, 5.41) is 3.44. The zero-order valence-corrected chi connectivity index (χ0v) is 12.9. The Morgan fingerprint density at radius 1 is 1.16 bits per heavy atom. The van der Waals surface area contributed by atoms with Crippen LogP contribution in [0.2, 0.25) is 0 Å². The lowest BCUT2D eigenvalue weighted by molar-refractivity contribution is 0.0893. The molecular formula is C17H29NO. The number of nitrogens with one attached hydrogen (secondary N) is 1. The van der Waals surface area contributed by atoms with Crippen molar-refractivity contribution in [2.75, 3.05) is 6.61 Å². The summed E-state index contributed by atoms with van der Waals surface area (Å²) in [5.74, 6) is 0.663. The minimum absolute atomic E-state index is 0.523. The van der Waals surface area contributed by atoms with Gasteiger partial charge in [0.25, 0.3) is 0 Å². The molecule has 1 aromatic rings. The van der Waals surface area contributed by atoms with Gasteiger partial charge in [0.1, 0.15) is 0 Å². The van der Waals surface area contributed by atoms with Gasteiger partial charge in [-0.1, -0.05) is 58.4 Å². The van der Waals surface area contributed by atoms with Crippen molar-refractivity contribution in [2.45, 2.75) is 59.7 Å². The highest BCUT2D eigenvalue weighted by Gasteiger charge is 2.02. The van der Waals surface area contributed by atoms with Crippen molar-refractivity contribution in [3.63, 3.8) is 0 Å². The van der Waals surface area contributed by atoms with Crippen LogP contribution >= 0.6 is 0 Å². The van der Waals surface area contributed by atoms with Crippen molar-refractivity contribution in [1.29, 1.82) is 0 Å². The molecule has 0 heterocycles. The Morgan fingerprint density at radius 2 is 1.89 bits per heavy atom. The normalized spacial score (nSPS) is 12.9. The Balaban J connectivity index is 2.35. The number of hydrogen-bond donors (Lipinski definition) is 1. The highest BCUT2D eigenvalue weighted by Crippen LogP contribution is 2.10. The maximum Gasteiger partial charge on any atom is 0.0717 e. The highest BCUT2D eigenvalue weighted by molar-refractivity contribution is 5.22. The number of benzene rings is 1. The largest absolute Gasteiger partial charge is 0.376 e. The summed E-state index contributed by atoms with van der Waals surface area (Å²) in [6.45, 7) is 11.3. The molecule has 1 atom stereocenters. The van der Waals surface area contributed by atoms with E-state index in [1.807, 2.05) is 0 Å². The molecule has 2 heteroatoms. The van der Waals surface area contributed by atoms with E-state index in [4.69, 9.17) is 4.74 Å². The SMILES string of the molecule is CCCC(C)COCc1cccc(CNC(C)C)c1. The molecular weight excluding hydrogens is 234 g/mol. The molecule has 108 valence electrons. The number of rotatable bonds is 9. The molecule has 0 saturated carbocycles. The Kier molecular flexibility index (Phi) is 7.76. The Hall–Kier alpha value is -0.860. The topological polar surface area (TPSA) is 21.3 Å². The van der Waals surface area contributed by atoms with Crippen molar-refractivity contribution in [2.24, 2.45) is 5.92 Å². The van der Waals surface area contributed by atoms with Crippen LogP contribution < -0.4 is 5.32 Å². The van der Waals surface area contributed by atoms with E-state index in [0.717, 1.165) is 19.8 Å². The molecule has 19 heavy (non-hydrogen) atoms. The molecule has 0 aliphatic heterocycles. The van der Waals surface area contributed by atoms with Crippen LogP contribution in [0.1, 0.15) is 51.7 Å². The molecule has 1 unspecified atom stereocenters. The third-order valence-corrected chi connectivity index (χ3v) is 3.16. The average Bonchev–Trinajstić information content (AvgIpc) is 2.37. The second-order valence-corrected chi connectivity index (χ2v) is 5.76. The lowest BCUT2D eigenvalue weighted by Crippen LogP contribution is -2.21. The van der Waals surface area contributed by atoms with Gasteiger partial charge in [0.2, 0.25) is 0 Å². The summed E-state index contributed by atoms with van der Waals surface area (Å²) >= 11 is 0. The van der Waals surface area contributed by atoms with Gasteiger partial charge in [-0.25, -0.2) is 0 Å². The minimum Gasteiger partial charge on any atom is -0.376 e. The number of hydrogen-bond acceptors (Lipinski definition) is 2. The van der Waals surface area contributed by atoms with E-state index in [9.17, 15) is 0 Å². The van der Waals surface area contributed by atoms with Gasteiger partial charge in [0, 0.05) is 19.2 Å². The van der Waals surface area contributed by atoms with E-state index in [-0.39, 0.29) is 0 Å². The predicted octanol–water partition coefficient (Wildman–Crippen LogP) is 4.14. The first-order valence-corrected chi connectivity index (χ1v) is 7.50. The van der Waals surface area contributed by atoms with Crippen LogP contribution in [-0.4, -0.2) is 12.6 Å². The number of ether oxygens (including phenoxy) is 1. The first-order chi connectivity index (χ1) is 9.11. The van der Waals surface area contributed by atoms with Crippen molar-refractivity contribution in [3.05, 3.63) is 35.4 Å². The quantitative estimate of drug-likeness (QED) is 0.723. The second kappa shape index (κ2) is 9.11. The van der Waals surface area contributed by atoms with E-state index in [0.29, 0.717) is 12.0 Å². The minimum atomic E-state index is 0.523. The van der Waals surface area contributed by atoms with Crippen LogP contribution in [0, 0.1) is 5.92 Å². The predicted molar refractivity (Wildman–Crippen MR) is 82.1 cm³/mol. The molecule has 0 fully saturated rings. The molecule has 0 saturated heterocycles. The van der Waals surface area contributed by atoms with E-state index in [2.05, 4.69) is 57.3 Å². The van der Waals surface area contributed by atoms with Gasteiger partial charge >= 0.3 is 0 Å². The molecule has 2 nitrogen and oxygen atoms in total. The molecule has 1 rings (SSSR count). The van der Waals surface area contributed by atoms with Gasteiger partial charge in [0.15, 0.2) is 0 Å². The molecule has 0 spiro atoms. The van der Waals surface area contributed by atoms with Crippen LogP contribution in [0.15, 0.2) is 24.3 Å². The zero-order valence-electron chi connectivity index (χ0n) is 12.9. The van der Waals surface area contributed by atoms with Crippen LogP contribution in [0.3, 0.4) is 0 Å². The Morgan fingerprint density at radius 3 is 2.58 bits per heavy atom. The van der Waals surface area contributed by atoms with Crippen molar-refractivity contribution in [1.82, 2.24) is 5.32 Å². The highest BCUT2D eigenvalue weighted by atomic mass is 16.5. The summed E-state index contributed by atoms with van der Waals surface area (Å²) in [4.78, 5) is 0. The lowest BCUT2D eigenvalue weighted by Gasteiger charge is -2.12. The van der Waals surface area contributed by atoms with Gasteiger partial charge in [-0.05, 0) is 23.5 Å². The fraction of sp³-hybridized carbons (Fsp3) is 0.647. The third-order valence-electron chi connectivity index (χ3n) is 3.16. The molecule has 0 amide bonds. The first-order valence-electron chi connectivity index (χ1n) is 7.50. The van der Waals surface area contributed by atoms with Crippen LogP contribution in [0.5, 0.6) is 0 Å². The zero-order chi connectivity index (χ0) is 14.1. The molecule has 1 N–H and O–H groups in total. The fourth-order valence-electron chi connectivity index (χ4n) is 2.11. The van der Waals surface area contributed by atoms with Gasteiger partial charge in [-0.2, -0.15) is 0 Å². The van der Waals surface area contributed by atoms with E-state index < -0.39 is 0 Å². The molecule has 0 aromatic heterocycles. The van der Waals surface area contributed by atoms with Crippen LogP contribution in [0.25, 0.3) is 0 Å². The fourth-order valence-corrected chi connectivity index (χ4v) is 2.11. The maximum absolute atomic E-state index is 5.79. The monoisotopic (exact) mass is 263 g/mol.